The van der Waals surface area contributed by atoms with Crippen LogP contribution in [0.1, 0.15) is 36.9 Å². The molecule has 0 spiro atoms. The Kier molecular flexibility index (Phi) is 5.37. The summed E-state index contributed by atoms with van der Waals surface area (Å²) in [6, 6.07) is 14.4. The van der Waals surface area contributed by atoms with E-state index in [4.69, 9.17) is 4.74 Å². The summed E-state index contributed by atoms with van der Waals surface area (Å²) in [5.74, 6) is 0.634. The topological polar surface area (TPSA) is 71.5 Å². The molecule has 5 heteroatoms. The van der Waals surface area contributed by atoms with Gasteiger partial charge >= 0.3 is 0 Å². The number of carbonyl (C=O) groups excluding carboxylic acids is 1. The molecule has 0 aliphatic rings. The van der Waals surface area contributed by atoms with Crippen LogP contribution in [0.4, 0.5) is 0 Å². The number of carbonyl (C=O) groups is 1. The van der Waals surface area contributed by atoms with E-state index in [0.29, 0.717) is 23.3 Å². The number of nitrogens with zero attached hydrogens (tertiary/aromatic N) is 1. The maximum absolute atomic E-state index is 12.3. The van der Waals surface area contributed by atoms with Gasteiger partial charge in [0.25, 0.3) is 0 Å². The molecule has 2 aromatic carbocycles. The summed E-state index contributed by atoms with van der Waals surface area (Å²) in [5, 5.41) is 14.7. The van der Waals surface area contributed by atoms with Crippen molar-refractivity contribution in [2.75, 3.05) is 7.11 Å². The highest BCUT2D eigenvalue weighted by Crippen LogP contribution is 2.37. The number of ether oxygens (including phenoxy) is 1. The van der Waals surface area contributed by atoms with Crippen LogP contribution in [-0.4, -0.2) is 23.1 Å². The van der Waals surface area contributed by atoms with Crippen molar-refractivity contribution in [1.82, 2.24) is 10.3 Å². The number of amides is 1. The number of nitrogens with one attached hydrogen (secondary N) is 1. The van der Waals surface area contributed by atoms with E-state index in [9.17, 15) is 9.90 Å². The number of methoxy groups -OCH3 is 1. The van der Waals surface area contributed by atoms with E-state index in [1.165, 1.54) is 0 Å². The van der Waals surface area contributed by atoms with Crippen molar-refractivity contribution in [2.24, 2.45) is 0 Å². The van der Waals surface area contributed by atoms with Crippen LogP contribution in [0.5, 0.6) is 11.5 Å². The molecule has 0 saturated heterocycles. The third-order valence-electron chi connectivity index (χ3n) is 4.32. The smallest absolute Gasteiger partial charge is 0.220 e. The van der Waals surface area contributed by atoms with E-state index >= 15 is 0 Å². The molecule has 134 valence electrons. The molecule has 1 atom stereocenters. The normalized spacial score (nSPS) is 11.9. The fourth-order valence-corrected chi connectivity index (χ4v) is 3.07. The molecule has 0 saturated carbocycles. The second-order valence-electron chi connectivity index (χ2n) is 6.07. The highest BCUT2D eigenvalue weighted by molar-refractivity contribution is 5.86. The van der Waals surface area contributed by atoms with E-state index < -0.39 is 6.04 Å². The Hall–Kier alpha value is -3.08. The Morgan fingerprint density at radius 1 is 1.15 bits per heavy atom. The van der Waals surface area contributed by atoms with Crippen molar-refractivity contribution in [3.63, 3.8) is 0 Å². The Bertz CT molecular complexity index is 924. The van der Waals surface area contributed by atoms with Crippen LogP contribution in [0.2, 0.25) is 0 Å². The van der Waals surface area contributed by atoms with E-state index in [0.717, 1.165) is 17.4 Å². The number of aromatic hydroxyl groups is 1. The molecule has 5 nitrogen and oxygen atoms in total. The Labute approximate surface area is 152 Å². The zero-order valence-corrected chi connectivity index (χ0v) is 14.9. The lowest BCUT2D eigenvalue weighted by atomic mass is 9.95. The van der Waals surface area contributed by atoms with Gasteiger partial charge in [-0.2, -0.15) is 0 Å². The molecule has 0 aliphatic heterocycles. The fraction of sp³-hybridized carbons (Fsp3) is 0.238. The minimum absolute atomic E-state index is 0.0656. The van der Waals surface area contributed by atoms with Crippen molar-refractivity contribution in [3.05, 3.63) is 65.9 Å². The summed E-state index contributed by atoms with van der Waals surface area (Å²) >= 11 is 0. The summed E-state index contributed by atoms with van der Waals surface area (Å²) in [6.45, 7) is 1.95. The Morgan fingerprint density at radius 3 is 2.73 bits per heavy atom. The molecular weight excluding hydrogens is 328 g/mol. The zero-order valence-electron chi connectivity index (χ0n) is 14.9. The van der Waals surface area contributed by atoms with Gasteiger partial charge in [-0.3, -0.25) is 9.78 Å². The summed E-state index contributed by atoms with van der Waals surface area (Å²) < 4.78 is 5.47. The summed E-state index contributed by atoms with van der Waals surface area (Å²) in [4.78, 5) is 16.6. The number of pyridine rings is 1. The predicted octanol–water partition coefficient (Wildman–Crippen LogP) is 3.95. The summed E-state index contributed by atoms with van der Waals surface area (Å²) in [6.07, 6.45) is 2.80. The summed E-state index contributed by atoms with van der Waals surface area (Å²) in [5.41, 5.74) is 1.88. The fourth-order valence-electron chi connectivity index (χ4n) is 3.07. The summed E-state index contributed by atoms with van der Waals surface area (Å²) in [7, 11) is 1.59. The molecule has 0 fully saturated rings. The molecular formula is C21H22N2O3. The monoisotopic (exact) mass is 350 g/mol. The molecule has 1 aromatic heterocycles. The van der Waals surface area contributed by atoms with Crippen LogP contribution in [0.15, 0.2) is 54.7 Å². The van der Waals surface area contributed by atoms with Gasteiger partial charge in [0.1, 0.15) is 17.0 Å². The molecule has 0 radical (unpaired) electrons. The van der Waals surface area contributed by atoms with Gasteiger partial charge in [0, 0.05) is 29.1 Å². The van der Waals surface area contributed by atoms with E-state index in [-0.39, 0.29) is 11.7 Å². The number of aromatic nitrogens is 1. The van der Waals surface area contributed by atoms with Gasteiger partial charge in [-0.1, -0.05) is 43.3 Å². The third kappa shape index (κ3) is 3.47. The van der Waals surface area contributed by atoms with Gasteiger partial charge < -0.3 is 15.2 Å². The van der Waals surface area contributed by atoms with Gasteiger partial charge in [-0.25, -0.2) is 0 Å². The van der Waals surface area contributed by atoms with Gasteiger partial charge in [0.05, 0.1) is 13.2 Å². The number of rotatable bonds is 6. The molecule has 0 bridgehead atoms. The van der Waals surface area contributed by atoms with Gasteiger partial charge in [0.15, 0.2) is 0 Å². The van der Waals surface area contributed by atoms with Crippen LogP contribution in [-0.2, 0) is 4.79 Å². The first kappa shape index (κ1) is 17.7. The molecule has 26 heavy (non-hydrogen) atoms. The quantitative estimate of drug-likeness (QED) is 0.706. The number of phenols is 1. The Morgan fingerprint density at radius 2 is 1.96 bits per heavy atom. The molecule has 2 N–H and O–H groups in total. The lowest BCUT2D eigenvalue weighted by Gasteiger charge is -2.23. The van der Waals surface area contributed by atoms with Crippen LogP contribution in [0.3, 0.4) is 0 Å². The molecule has 3 rings (SSSR count). The van der Waals surface area contributed by atoms with E-state index in [2.05, 4.69) is 10.3 Å². The highest BCUT2D eigenvalue weighted by Gasteiger charge is 2.24. The highest BCUT2D eigenvalue weighted by atomic mass is 16.5. The molecule has 0 aliphatic carbocycles. The SMILES string of the molecule is CCCC(=O)N[C@@H](c1ccccc1OC)c1ccc2cccnc2c1O. The van der Waals surface area contributed by atoms with Gasteiger partial charge in [-0.15, -0.1) is 0 Å². The van der Waals surface area contributed by atoms with Crippen molar-refractivity contribution >= 4 is 16.8 Å². The number of benzene rings is 2. The van der Waals surface area contributed by atoms with Crippen LogP contribution in [0.25, 0.3) is 10.9 Å². The maximum atomic E-state index is 12.3. The number of hydrogen-bond acceptors (Lipinski definition) is 4. The zero-order chi connectivity index (χ0) is 18.5. The lowest BCUT2D eigenvalue weighted by molar-refractivity contribution is -0.121. The average molecular weight is 350 g/mol. The first-order valence-corrected chi connectivity index (χ1v) is 8.64. The number of hydrogen-bond donors (Lipinski definition) is 2. The van der Waals surface area contributed by atoms with E-state index in [1.54, 1.807) is 13.3 Å². The van der Waals surface area contributed by atoms with Gasteiger partial charge in [-0.05, 0) is 18.6 Å². The predicted molar refractivity (Wildman–Crippen MR) is 101 cm³/mol. The average Bonchev–Trinajstić information content (AvgIpc) is 2.67. The van der Waals surface area contributed by atoms with Crippen molar-refractivity contribution in [2.45, 2.75) is 25.8 Å². The second kappa shape index (κ2) is 7.87. The van der Waals surface area contributed by atoms with Crippen molar-refractivity contribution in [3.8, 4) is 11.5 Å². The lowest BCUT2D eigenvalue weighted by Crippen LogP contribution is -2.29. The first-order chi connectivity index (χ1) is 12.7. The van der Waals surface area contributed by atoms with Gasteiger partial charge in [0.2, 0.25) is 5.91 Å². The van der Waals surface area contributed by atoms with Crippen LogP contribution in [0, 0.1) is 0 Å². The molecule has 1 amide bonds. The number of para-hydroxylation sites is 1. The molecule has 0 unspecified atom stereocenters. The minimum atomic E-state index is -0.531. The minimum Gasteiger partial charge on any atom is -0.505 e. The first-order valence-electron chi connectivity index (χ1n) is 8.64. The second-order valence-corrected chi connectivity index (χ2v) is 6.07. The molecule has 1 heterocycles. The molecule has 3 aromatic rings. The van der Waals surface area contributed by atoms with Crippen LogP contribution < -0.4 is 10.1 Å². The number of phenolic OH excluding ortho intramolecular Hbond substituents is 1. The largest absolute Gasteiger partial charge is 0.505 e. The van der Waals surface area contributed by atoms with Crippen molar-refractivity contribution < 1.29 is 14.6 Å². The third-order valence-corrected chi connectivity index (χ3v) is 4.32. The number of fused-ring (bicyclic) bond motifs is 1. The Balaban J connectivity index is 2.14. The van der Waals surface area contributed by atoms with Crippen LogP contribution >= 0.6 is 0 Å². The van der Waals surface area contributed by atoms with E-state index in [1.807, 2.05) is 55.5 Å². The maximum Gasteiger partial charge on any atom is 0.220 e. The van der Waals surface area contributed by atoms with Crippen molar-refractivity contribution in [1.29, 1.82) is 0 Å². The standard InChI is InChI=1S/C21H22N2O3/c1-3-7-18(24)23-20(15-9-4-5-10-17(15)26-2)16-12-11-14-8-6-13-22-19(14)21(16)25/h4-6,8-13,20,25H,3,7H2,1-2H3,(H,23,24)/t20-/m0/s1.